The van der Waals surface area contributed by atoms with E-state index in [1.54, 1.807) is 0 Å². The Kier molecular flexibility index (Phi) is 7.37. The van der Waals surface area contributed by atoms with E-state index in [1.165, 1.54) is 35.7 Å². The van der Waals surface area contributed by atoms with Crippen LogP contribution in [0.25, 0.3) is 11.3 Å². The number of hydrogen-bond acceptors (Lipinski definition) is 3. The Morgan fingerprint density at radius 3 is 2.74 bits per heavy atom. The summed E-state index contributed by atoms with van der Waals surface area (Å²) < 4.78 is 3.48. The summed E-state index contributed by atoms with van der Waals surface area (Å²) in [6, 6.07) is 8.06. The Morgan fingerprint density at radius 2 is 2.03 bits per heavy atom. The average molecular weight is 534 g/mol. The molecule has 1 aromatic heterocycles. The molecule has 5 nitrogen and oxygen atoms in total. The van der Waals surface area contributed by atoms with Crippen molar-refractivity contribution in [2.45, 2.75) is 77.4 Å². The van der Waals surface area contributed by atoms with E-state index >= 15 is 0 Å². The molecule has 1 aromatic carbocycles. The lowest BCUT2D eigenvalue weighted by Gasteiger charge is -2.40. The number of fused-ring (bicyclic) bond motifs is 1. The van der Waals surface area contributed by atoms with Crippen LogP contribution < -0.4 is 5.73 Å². The molecule has 2 aromatic rings. The Morgan fingerprint density at radius 1 is 1.26 bits per heavy atom. The molecule has 1 aliphatic heterocycles. The number of rotatable bonds is 6. The third-order valence-corrected chi connectivity index (χ3v) is 7.96. The zero-order chi connectivity index (χ0) is 22.0. The lowest BCUT2D eigenvalue weighted by molar-refractivity contribution is -0.138. The highest BCUT2D eigenvalue weighted by atomic mass is 127. The first-order valence-corrected chi connectivity index (χ1v) is 12.9. The van der Waals surface area contributed by atoms with Crippen LogP contribution in [0.5, 0.6) is 0 Å². The van der Waals surface area contributed by atoms with Gasteiger partial charge in [-0.3, -0.25) is 4.79 Å². The van der Waals surface area contributed by atoms with E-state index < -0.39 is 6.04 Å². The third kappa shape index (κ3) is 5.00. The van der Waals surface area contributed by atoms with E-state index in [-0.39, 0.29) is 17.9 Å². The maximum Gasteiger partial charge on any atom is 0.240 e. The number of aromatic nitrogens is 2. The molecule has 0 saturated heterocycles. The van der Waals surface area contributed by atoms with Crippen LogP contribution in [-0.4, -0.2) is 32.9 Å². The van der Waals surface area contributed by atoms with Crippen molar-refractivity contribution in [2.24, 2.45) is 17.6 Å². The van der Waals surface area contributed by atoms with Crippen LogP contribution in [0.4, 0.5) is 0 Å². The number of amides is 1. The molecule has 1 fully saturated rings. The van der Waals surface area contributed by atoms with E-state index in [9.17, 15) is 4.79 Å². The van der Waals surface area contributed by atoms with Crippen molar-refractivity contribution in [3.8, 4) is 11.3 Å². The number of halogens is 1. The fourth-order valence-corrected chi connectivity index (χ4v) is 5.64. The SMILES string of the molecule is CC[C@H](C)[C@H](N)C(=O)N1CCn2cc(-c3cccc(I)c3)nc2[C@@H]1CC1CCCCC1. The van der Waals surface area contributed by atoms with Gasteiger partial charge in [-0.1, -0.05) is 64.5 Å². The van der Waals surface area contributed by atoms with Gasteiger partial charge >= 0.3 is 0 Å². The molecule has 2 N–H and O–H groups in total. The van der Waals surface area contributed by atoms with Crippen molar-refractivity contribution in [2.75, 3.05) is 6.54 Å². The quantitative estimate of drug-likeness (QED) is 0.506. The van der Waals surface area contributed by atoms with Gasteiger partial charge in [0.05, 0.1) is 17.8 Å². The third-order valence-electron chi connectivity index (χ3n) is 7.29. The van der Waals surface area contributed by atoms with E-state index in [4.69, 9.17) is 10.7 Å². The molecule has 0 bridgehead atoms. The number of hydrogen-bond donors (Lipinski definition) is 1. The van der Waals surface area contributed by atoms with Crippen molar-refractivity contribution in [3.05, 3.63) is 39.9 Å². The lowest BCUT2D eigenvalue weighted by Crippen LogP contribution is -2.51. The Hall–Kier alpha value is -1.41. The van der Waals surface area contributed by atoms with Gasteiger partial charge in [0.1, 0.15) is 5.82 Å². The van der Waals surface area contributed by atoms with Gasteiger partial charge in [0.2, 0.25) is 5.91 Å². The predicted octanol–water partition coefficient (Wildman–Crippen LogP) is 5.38. The minimum atomic E-state index is -0.435. The van der Waals surface area contributed by atoms with Gasteiger partial charge in [-0.15, -0.1) is 0 Å². The first kappa shape index (κ1) is 22.8. The molecule has 6 heteroatoms. The molecule has 0 spiro atoms. The second-order valence-corrected chi connectivity index (χ2v) is 10.6. The highest BCUT2D eigenvalue weighted by Gasteiger charge is 2.37. The molecule has 1 amide bonds. The van der Waals surface area contributed by atoms with Gasteiger partial charge in [0.15, 0.2) is 0 Å². The predicted molar refractivity (Wildman–Crippen MR) is 133 cm³/mol. The topological polar surface area (TPSA) is 64.2 Å². The van der Waals surface area contributed by atoms with Gasteiger partial charge in [-0.25, -0.2) is 4.98 Å². The minimum absolute atomic E-state index is 0.0241. The fourth-order valence-electron chi connectivity index (χ4n) is 5.10. The van der Waals surface area contributed by atoms with Crippen molar-refractivity contribution < 1.29 is 4.79 Å². The largest absolute Gasteiger partial charge is 0.331 e. The zero-order valence-electron chi connectivity index (χ0n) is 18.8. The summed E-state index contributed by atoms with van der Waals surface area (Å²) in [5.41, 5.74) is 8.55. The molecular formula is C25H35IN4O. The number of carbonyl (C=O) groups is 1. The van der Waals surface area contributed by atoms with Crippen LogP contribution in [0.15, 0.2) is 30.5 Å². The first-order chi connectivity index (χ1) is 15.0. The maximum atomic E-state index is 13.4. The summed E-state index contributed by atoms with van der Waals surface area (Å²) in [5, 5.41) is 0. The van der Waals surface area contributed by atoms with Gasteiger partial charge in [0.25, 0.3) is 0 Å². The molecule has 3 atom stereocenters. The van der Waals surface area contributed by atoms with Crippen LogP contribution in [0, 0.1) is 15.4 Å². The summed E-state index contributed by atoms with van der Waals surface area (Å²) in [7, 11) is 0. The van der Waals surface area contributed by atoms with E-state index in [0.717, 1.165) is 43.0 Å². The lowest BCUT2D eigenvalue weighted by atomic mass is 9.83. The van der Waals surface area contributed by atoms with Crippen LogP contribution in [0.2, 0.25) is 0 Å². The molecule has 2 aliphatic rings. The fraction of sp³-hybridized carbons (Fsp3) is 0.600. The summed E-state index contributed by atoms with van der Waals surface area (Å²) in [6.07, 6.45) is 10.6. The Labute approximate surface area is 199 Å². The van der Waals surface area contributed by atoms with Crippen molar-refractivity contribution in [3.63, 3.8) is 0 Å². The summed E-state index contributed by atoms with van der Waals surface area (Å²) >= 11 is 2.35. The minimum Gasteiger partial charge on any atom is -0.331 e. The van der Waals surface area contributed by atoms with Crippen molar-refractivity contribution in [1.82, 2.24) is 14.5 Å². The summed E-state index contributed by atoms with van der Waals surface area (Å²) in [5.74, 6) is 1.99. The second-order valence-electron chi connectivity index (χ2n) is 9.39. The number of nitrogens with zero attached hydrogens (tertiary/aromatic N) is 3. The van der Waals surface area contributed by atoms with Crippen LogP contribution in [0.3, 0.4) is 0 Å². The number of nitrogens with two attached hydrogens (primary N) is 1. The van der Waals surface area contributed by atoms with Crippen molar-refractivity contribution in [1.29, 1.82) is 0 Å². The number of carbonyl (C=O) groups excluding carboxylic acids is 1. The van der Waals surface area contributed by atoms with Crippen LogP contribution in [-0.2, 0) is 11.3 Å². The van der Waals surface area contributed by atoms with Gasteiger partial charge in [-0.05, 0) is 53.0 Å². The van der Waals surface area contributed by atoms with Gasteiger partial charge in [0, 0.05) is 28.4 Å². The molecule has 1 aliphatic carbocycles. The van der Waals surface area contributed by atoms with Gasteiger partial charge in [-0.2, -0.15) is 0 Å². The highest BCUT2D eigenvalue weighted by Crippen LogP contribution is 2.38. The molecule has 31 heavy (non-hydrogen) atoms. The number of benzene rings is 1. The average Bonchev–Trinajstić information content (AvgIpc) is 3.23. The maximum absolute atomic E-state index is 13.4. The molecule has 0 radical (unpaired) electrons. The Balaban J connectivity index is 1.66. The standard InChI is InChI=1S/C25H35IN4O/c1-3-17(2)23(27)25(31)30-13-12-29-16-21(19-10-7-11-20(26)15-19)28-24(29)22(30)14-18-8-5-4-6-9-18/h7,10-11,15-18,22-23H,3-6,8-9,12-14,27H2,1-2H3/t17-,22-,23-/m0/s1. The molecule has 0 unspecified atom stereocenters. The first-order valence-electron chi connectivity index (χ1n) is 11.9. The molecule has 2 heterocycles. The molecular weight excluding hydrogens is 499 g/mol. The van der Waals surface area contributed by atoms with Crippen LogP contribution in [0.1, 0.15) is 70.7 Å². The Bertz CT molecular complexity index is 905. The highest BCUT2D eigenvalue weighted by molar-refractivity contribution is 14.1. The second kappa shape index (κ2) is 10.0. The summed E-state index contributed by atoms with van der Waals surface area (Å²) in [4.78, 5) is 20.6. The van der Waals surface area contributed by atoms with E-state index in [2.05, 4.69) is 76.4 Å². The van der Waals surface area contributed by atoms with Gasteiger partial charge < -0.3 is 15.2 Å². The number of imidazole rings is 1. The van der Waals surface area contributed by atoms with Crippen molar-refractivity contribution >= 4 is 28.5 Å². The van der Waals surface area contributed by atoms with E-state index in [0.29, 0.717) is 5.92 Å². The van der Waals surface area contributed by atoms with Crippen LogP contribution >= 0.6 is 22.6 Å². The monoisotopic (exact) mass is 534 g/mol. The molecule has 1 saturated carbocycles. The zero-order valence-corrected chi connectivity index (χ0v) is 20.9. The molecule has 168 valence electrons. The normalized spacial score (nSPS) is 21.5. The van der Waals surface area contributed by atoms with E-state index in [1.807, 2.05) is 0 Å². The summed E-state index contributed by atoms with van der Waals surface area (Å²) in [6.45, 7) is 5.69. The smallest absolute Gasteiger partial charge is 0.240 e. The molecule has 4 rings (SSSR count).